The van der Waals surface area contributed by atoms with E-state index in [1.165, 1.54) is 17.8 Å². The summed E-state index contributed by atoms with van der Waals surface area (Å²) >= 11 is 0. The second kappa shape index (κ2) is 6.21. The summed E-state index contributed by atoms with van der Waals surface area (Å²) in [4.78, 5) is 7.96. The molecule has 2 heterocycles. The highest BCUT2D eigenvalue weighted by molar-refractivity contribution is 5.16. The number of aryl methyl sites for hydroxylation is 1. The lowest BCUT2D eigenvalue weighted by Gasteiger charge is -2.16. The Hall–Kier alpha value is -1.81. The molecule has 0 aliphatic carbocycles. The molecule has 2 aromatic rings. The van der Waals surface area contributed by atoms with Gasteiger partial charge in [-0.3, -0.25) is 9.97 Å². The third-order valence-electron chi connectivity index (χ3n) is 2.92. The number of nitrogens with zero attached hydrogens (tertiary/aromatic N) is 2. The van der Waals surface area contributed by atoms with Crippen molar-refractivity contribution in [2.24, 2.45) is 0 Å². The van der Waals surface area contributed by atoms with Gasteiger partial charge in [0.1, 0.15) is 5.82 Å². The third kappa shape index (κ3) is 3.34. The van der Waals surface area contributed by atoms with Crippen LogP contribution in [0.15, 0.2) is 43.0 Å². The van der Waals surface area contributed by atoms with Crippen LogP contribution in [0, 0.1) is 5.82 Å². The van der Waals surface area contributed by atoms with Crippen molar-refractivity contribution >= 4 is 0 Å². The molecule has 0 amide bonds. The normalized spacial score (nSPS) is 12.3. The van der Waals surface area contributed by atoms with Crippen LogP contribution in [-0.4, -0.2) is 17.0 Å². The molecule has 0 aromatic carbocycles. The van der Waals surface area contributed by atoms with Crippen molar-refractivity contribution in [2.45, 2.75) is 18.9 Å². The van der Waals surface area contributed by atoms with E-state index in [0.29, 0.717) is 0 Å². The van der Waals surface area contributed by atoms with E-state index in [1.807, 2.05) is 25.4 Å². The van der Waals surface area contributed by atoms with Gasteiger partial charge in [-0.15, -0.1) is 0 Å². The molecule has 0 spiro atoms. The molecule has 0 aliphatic rings. The summed E-state index contributed by atoms with van der Waals surface area (Å²) in [6.07, 6.45) is 8.32. The minimum atomic E-state index is -0.297. The highest BCUT2D eigenvalue weighted by Crippen LogP contribution is 2.18. The van der Waals surface area contributed by atoms with Gasteiger partial charge in [-0.2, -0.15) is 0 Å². The second-order valence-electron chi connectivity index (χ2n) is 4.18. The molecule has 0 radical (unpaired) electrons. The molecule has 0 bridgehead atoms. The van der Waals surface area contributed by atoms with Crippen LogP contribution in [0.1, 0.15) is 23.6 Å². The molecule has 2 rings (SSSR count). The first kappa shape index (κ1) is 12.6. The van der Waals surface area contributed by atoms with E-state index in [-0.39, 0.29) is 11.9 Å². The second-order valence-corrected chi connectivity index (χ2v) is 4.18. The molecule has 0 saturated carbocycles. The van der Waals surface area contributed by atoms with Crippen LogP contribution >= 0.6 is 0 Å². The monoisotopic (exact) mass is 245 g/mol. The van der Waals surface area contributed by atoms with Crippen LogP contribution in [0.25, 0.3) is 0 Å². The molecule has 0 saturated heterocycles. The summed E-state index contributed by atoms with van der Waals surface area (Å²) in [5.41, 5.74) is 2.06. The molecule has 18 heavy (non-hydrogen) atoms. The summed E-state index contributed by atoms with van der Waals surface area (Å²) in [7, 11) is 1.87. The Labute approximate surface area is 106 Å². The zero-order valence-electron chi connectivity index (χ0n) is 10.3. The van der Waals surface area contributed by atoms with E-state index >= 15 is 0 Å². The van der Waals surface area contributed by atoms with Crippen LogP contribution in [0.2, 0.25) is 0 Å². The lowest BCUT2D eigenvalue weighted by atomic mass is 10.0. The number of nitrogens with one attached hydrogen (secondary N) is 1. The Morgan fingerprint density at radius 1 is 1.28 bits per heavy atom. The van der Waals surface area contributed by atoms with Crippen molar-refractivity contribution in [3.63, 3.8) is 0 Å². The number of aromatic nitrogens is 2. The SMILES string of the molecule is CNC(CCc1cccnc1)c1cncc(F)c1. The Morgan fingerprint density at radius 3 is 2.83 bits per heavy atom. The molecular formula is C14H16FN3. The van der Waals surface area contributed by atoms with Gasteiger partial charge in [0.2, 0.25) is 0 Å². The average Bonchev–Trinajstić information content (AvgIpc) is 2.41. The lowest BCUT2D eigenvalue weighted by Crippen LogP contribution is -2.17. The molecule has 94 valence electrons. The van der Waals surface area contributed by atoms with Crippen molar-refractivity contribution in [3.05, 3.63) is 59.9 Å². The highest BCUT2D eigenvalue weighted by atomic mass is 19.1. The number of hydrogen-bond acceptors (Lipinski definition) is 3. The zero-order valence-corrected chi connectivity index (χ0v) is 10.3. The van der Waals surface area contributed by atoms with Crippen LogP contribution in [0.5, 0.6) is 0 Å². The van der Waals surface area contributed by atoms with Crippen molar-refractivity contribution in [1.29, 1.82) is 0 Å². The van der Waals surface area contributed by atoms with Gasteiger partial charge in [0.15, 0.2) is 0 Å². The van der Waals surface area contributed by atoms with Gasteiger partial charge in [0, 0.05) is 24.6 Å². The molecule has 4 heteroatoms. The minimum absolute atomic E-state index is 0.105. The fourth-order valence-electron chi connectivity index (χ4n) is 1.95. The van der Waals surface area contributed by atoms with E-state index in [9.17, 15) is 4.39 Å². The van der Waals surface area contributed by atoms with E-state index < -0.39 is 0 Å². The van der Waals surface area contributed by atoms with Crippen molar-refractivity contribution < 1.29 is 4.39 Å². The quantitative estimate of drug-likeness (QED) is 0.879. The summed E-state index contributed by atoms with van der Waals surface area (Å²) in [5.74, 6) is -0.297. The maximum Gasteiger partial charge on any atom is 0.141 e. The van der Waals surface area contributed by atoms with E-state index in [1.54, 1.807) is 12.4 Å². The number of halogens is 1. The predicted octanol–water partition coefficient (Wildman–Crippen LogP) is 2.51. The smallest absolute Gasteiger partial charge is 0.141 e. The molecular weight excluding hydrogens is 229 g/mol. The van der Waals surface area contributed by atoms with Gasteiger partial charge in [-0.05, 0) is 43.1 Å². The van der Waals surface area contributed by atoms with Gasteiger partial charge in [0.05, 0.1) is 6.20 Å². The fourth-order valence-corrected chi connectivity index (χ4v) is 1.95. The highest BCUT2D eigenvalue weighted by Gasteiger charge is 2.10. The first-order valence-corrected chi connectivity index (χ1v) is 5.96. The topological polar surface area (TPSA) is 37.8 Å². The van der Waals surface area contributed by atoms with Gasteiger partial charge < -0.3 is 5.32 Å². The van der Waals surface area contributed by atoms with Crippen LogP contribution in [0.3, 0.4) is 0 Å². The van der Waals surface area contributed by atoms with E-state index in [0.717, 1.165) is 18.4 Å². The molecule has 1 N–H and O–H groups in total. The van der Waals surface area contributed by atoms with Gasteiger partial charge in [0.25, 0.3) is 0 Å². The van der Waals surface area contributed by atoms with Gasteiger partial charge >= 0.3 is 0 Å². The predicted molar refractivity (Wildman–Crippen MR) is 68.6 cm³/mol. The third-order valence-corrected chi connectivity index (χ3v) is 2.92. The maximum absolute atomic E-state index is 13.1. The molecule has 1 unspecified atom stereocenters. The number of rotatable bonds is 5. The Kier molecular flexibility index (Phi) is 4.36. The van der Waals surface area contributed by atoms with Crippen molar-refractivity contribution in [3.8, 4) is 0 Å². The summed E-state index contributed by atoms with van der Waals surface area (Å²) in [6.45, 7) is 0. The standard InChI is InChI=1S/C14H16FN3/c1-16-14(12-7-13(15)10-18-9-12)5-4-11-3-2-6-17-8-11/h2-3,6-10,14,16H,4-5H2,1H3. The summed E-state index contributed by atoms with van der Waals surface area (Å²) in [6, 6.07) is 5.60. The summed E-state index contributed by atoms with van der Waals surface area (Å²) < 4.78 is 13.1. The molecule has 0 fully saturated rings. The zero-order chi connectivity index (χ0) is 12.8. The van der Waals surface area contributed by atoms with Gasteiger partial charge in [-0.1, -0.05) is 6.07 Å². The Morgan fingerprint density at radius 2 is 2.17 bits per heavy atom. The fraction of sp³-hybridized carbons (Fsp3) is 0.286. The Balaban J connectivity index is 2.02. The Bertz CT molecular complexity index is 487. The first-order valence-electron chi connectivity index (χ1n) is 5.96. The van der Waals surface area contributed by atoms with E-state index in [4.69, 9.17) is 0 Å². The van der Waals surface area contributed by atoms with Crippen molar-refractivity contribution in [2.75, 3.05) is 7.05 Å². The molecule has 1 atom stereocenters. The molecule has 3 nitrogen and oxygen atoms in total. The van der Waals surface area contributed by atoms with Crippen LogP contribution < -0.4 is 5.32 Å². The summed E-state index contributed by atoms with van der Waals surface area (Å²) in [5, 5.41) is 3.19. The van der Waals surface area contributed by atoms with E-state index in [2.05, 4.69) is 15.3 Å². The van der Waals surface area contributed by atoms with Crippen LogP contribution in [-0.2, 0) is 6.42 Å². The largest absolute Gasteiger partial charge is 0.313 e. The van der Waals surface area contributed by atoms with Gasteiger partial charge in [-0.25, -0.2) is 4.39 Å². The molecule has 2 aromatic heterocycles. The average molecular weight is 245 g/mol. The number of pyridine rings is 2. The lowest BCUT2D eigenvalue weighted by molar-refractivity contribution is 0.538. The number of hydrogen-bond donors (Lipinski definition) is 1. The minimum Gasteiger partial charge on any atom is -0.313 e. The first-order chi connectivity index (χ1) is 8.79. The maximum atomic E-state index is 13.1. The van der Waals surface area contributed by atoms with Crippen LogP contribution in [0.4, 0.5) is 4.39 Å². The van der Waals surface area contributed by atoms with Crippen molar-refractivity contribution in [1.82, 2.24) is 15.3 Å². The molecule has 0 aliphatic heterocycles.